The first-order valence-electron chi connectivity index (χ1n) is 4.41. The highest BCUT2D eigenvalue weighted by Crippen LogP contribution is 2.34. The molecule has 0 aliphatic heterocycles. The number of hydrogen-bond donors (Lipinski definition) is 1. The van der Waals surface area contributed by atoms with Gasteiger partial charge in [-0.1, -0.05) is 44.0 Å². The van der Waals surface area contributed by atoms with E-state index in [1.165, 1.54) is 12.1 Å². The fourth-order valence-corrected chi connectivity index (χ4v) is 1.99. The van der Waals surface area contributed by atoms with Crippen molar-refractivity contribution in [3.63, 3.8) is 0 Å². The first kappa shape index (κ1) is 14.5. The Balaban J connectivity index is 2.92. The zero-order chi connectivity index (χ0) is 13.2. The molecular formula is C10H7Br2F3O2. The monoisotopic (exact) mass is 374 g/mol. The van der Waals surface area contributed by atoms with Gasteiger partial charge in [-0.2, -0.15) is 13.2 Å². The largest absolute Gasteiger partial charge is 0.480 e. The Bertz CT molecular complexity index is 403. The molecule has 0 heterocycles. The Morgan fingerprint density at radius 1 is 1.18 bits per heavy atom. The molecule has 0 amide bonds. The zero-order valence-electron chi connectivity index (χ0n) is 8.21. The third-order valence-corrected chi connectivity index (χ3v) is 4.74. The van der Waals surface area contributed by atoms with Crippen molar-refractivity contribution in [1.82, 2.24) is 0 Å². The maximum Gasteiger partial charge on any atom is 0.416 e. The Morgan fingerprint density at radius 2 is 1.65 bits per heavy atom. The molecule has 2 nitrogen and oxygen atoms in total. The second-order valence-corrected chi connectivity index (χ2v) is 5.23. The Labute approximate surface area is 112 Å². The summed E-state index contributed by atoms with van der Waals surface area (Å²) in [7, 11) is 0. The van der Waals surface area contributed by atoms with Gasteiger partial charge in [0.15, 0.2) is 0 Å². The van der Waals surface area contributed by atoms with Crippen LogP contribution in [0.25, 0.3) is 0 Å². The van der Waals surface area contributed by atoms with Gasteiger partial charge in [-0.3, -0.25) is 4.79 Å². The van der Waals surface area contributed by atoms with Crippen LogP contribution in [0.3, 0.4) is 0 Å². The average molecular weight is 376 g/mol. The summed E-state index contributed by atoms with van der Waals surface area (Å²) in [6.07, 6.45) is -4.39. The summed E-state index contributed by atoms with van der Waals surface area (Å²) in [4.78, 5) is 9.18. The third kappa shape index (κ3) is 3.70. The zero-order valence-corrected chi connectivity index (χ0v) is 11.4. The molecule has 1 rings (SSSR count). The van der Waals surface area contributed by atoms with Crippen LogP contribution in [0.2, 0.25) is 0 Å². The van der Waals surface area contributed by atoms with E-state index < -0.39 is 27.4 Å². The van der Waals surface area contributed by atoms with Gasteiger partial charge >= 0.3 is 12.1 Å². The van der Waals surface area contributed by atoms with E-state index in [1.54, 1.807) is 0 Å². The van der Waals surface area contributed by atoms with Crippen molar-refractivity contribution >= 4 is 37.8 Å². The standard InChI is InChI=1S/C10H7Br2F3O2/c11-7(8(12)9(16)17)5-1-3-6(4-2-5)10(13,14)15/h1-4,7-8H,(H,16,17)/t7-,8-/m0/s1. The van der Waals surface area contributed by atoms with Crippen molar-refractivity contribution in [1.29, 1.82) is 0 Å². The van der Waals surface area contributed by atoms with Gasteiger partial charge < -0.3 is 5.11 Å². The summed E-state index contributed by atoms with van der Waals surface area (Å²) >= 11 is 6.05. The van der Waals surface area contributed by atoms with Crippen molar-refractivity contribution in [2.45, 2.75) is 15.8 Å². The number of carboxylic acid groups (broad SMARTS) is 1. The van der Waals surface area contributed by atoms with Crippen molar-refractivity contribution < 1.29 is 23.1 Å². The van der Waals surface area contributed by atoms with E-state index in [9.17, 15) is 18.0 Å². The first-order chi connectivity index (χ1) is 7.73. The summed E-state index contributed by atoms with van der Waals surface area (Å²) in [6, 6.07) is 4.34. The van der Waals surface area contributed by atoms with E-state index in [1.807, 2.05) is 0 Å². The second-order valence-electron chi connectivity index (χ2n) is 3.26. The lowest BCUT2D eigenvalue weighted by atomic mass is 10.1. The topological polar surface area (TPSA) is 37.3 Å². The number of benzene rings is 1. The number of carboxylic acids is 1. The maximum atomic E-state index is 12.3. The highest BCUT2D eigenvalue weighted by atomic mass is 79.9. The fraction of sp³-hybridized carbons (Fsp3) is 0.300. The van der Waals surface area contributed by atoms with Gasteiger partial charge in [0.2, 0.25) is 0 Å². The second kappa shape index (κ2) is 5.39. The molecule has 1 N–H and O–H groups in total. The van der Waals surface area contributed by atoms with Crippen LogP contribution in [-0.4, -0.2) is 15.9 Å². The van der Waals surface area contributed by atoms with Gasteiger partial charge in [0.05, 0.1) is 10.4 Å². The fourth-order valence-electron chi connectivity index (χ4n) is 1.15. The van der Waals surface area contributed by atoms with E-state index in [0.29, 0.717) is 5.56 Å². The SMILES string of the molecule is O=C(O)[C@@H](Br)[C@@H](Br)c1ccc(C(F)(F)F)cc1. The molecule has 0 saturated heterocycles. The lowest BCUT2D eigenvalue weighted by Gasteiger charge is -2.14. The van der Waals surface area contributed by atoms with Gasteiger partial charge in [0.1, 0.15) is 4.83 Å². The molecule has 0 saturated carbocycles. The first-order valence-corrected chi connectivity index (χ1v) is 6.24. The summed E-state index contributed by atoms with van der Waals surface area (Å²) in [5, 5.41) is 8.74. The Hall–Kier alpha value is -0.560. The van der Waals surface area contributed by atoms with E-state index in [2.05, 4.69) is 31.9 Å². The predicted molar refractivity (Wildman–Crippen MR) is 63.5 cm³/mol. The van der Waals surface area contributed by atoms with E-state index in [4.69, 9.17) is 5.11 Å². The van der Waals surface area contributed by atoms with E-state index in [-0.39, 0.29) is 0 Å². The number of aliphatic carboxylic acids is 1. The Morgan fingerprint density at radius 3 is 2.00 bits per heavy atom. The maximum absolute atomic E-state index is 12.3. The van der Waals surface area contributed by atoms with Crippen LogP contribution in [0.4, 0.5) is 13.2 Å². The van der Waals surface area contributed by atoms with Crippen molar-refractivity contribution in [2.24, 2.45) is 0 Å². The van der Waals surface area contributed by atoms with Crippen LogP contribution >= 0.6 is 31.9 Å². The van der Waals surface area contributed by atoms with Crippen LogP contribution in [-0.2, 0) is 11.0 Å². The number of halogens is 5. The van der Waals surface area contributed by atoms with Gasteiger partial charge in [-0.05, 0) is 17.7 Å². The van der Waals surface area contributed by atoms with E-state index in [0.717, 1.165) is 12.1 Å². The molecule has 7 heteroatoms. The number of hydrogen-bond acceptors (Lipinski definition) is 1. The van der Waals surface area contributed by atoms with Gasteiger partial charge in [0, 0.05) is 0 Å². The summed E-state index contributed by atoms with van der Waals surface area (Å²) in [6.45, 7) is 0. The molecule has 2 atom stereocenters. The normalized spacial score (nSPS) is 15.4. The van der Waals surface area contributed by atoms with Crippen LogP contribution in [0.5, 0.6) is 0 Å². The molecule has 1 aromatic carbocycles. The minimum absolute atomic E-state index is 0.460. The minimum atomic E-state index is -4.39. The van der Waals surface area contributed by atoms with Crippen molar-refractivity contribution in [3.05, 3.63) is 35.4 Å². The summed E-state index contributed by atoms with van der Waals surface area (Å²) < 4.78 is 36.9. The smallest absolute Gasteiger partial charge is 0.416 e. The van der Waals surface area contributed by atoms with Gasteiger partial charge in [0.25, 0.3) is 0 Å². The number of carbonyl (C=O) groups is 1. The number of alkyl halides is 5. The van der Waals surface area contributed by atoms with Gasteiger partial charge in [-0.15, -0.1) is 0 Å². The third-order valence-electron chi connectivity index (χ3n) is 2.05. The van der Waals surface area contributed by atoms with Crippen molar-refractivity contribution in [3.8, 4) is 0 Å². The molecule has 94 valence electrons. The molecule has 17 heavy (non-hydrogen) atoms. The molecule has 0 fully saturated rings. The molecule has 0 bridgehead atoms. The molecule has 0 aromatic heterocycles. The molecule has 0 radical (unpaired) electrons. The number of rotatable bonds is 3. The highest BCUT2D eigenvalue weighted by molar-refractivity contribution is 9.12. The summed E-state index contributed by atoms with van der Waals surface area (Å²) in [5.41, 5.74) is -0.301. The van der Waals surface area contributed by atoms with Crippen molar-refractivity contribution in [2.75, 3.05) is 0 Å². The van der Waals surface area contributed by atoms with Crippen LogP contribution in [0, 0.1) is 0 Å². The molecule has 0 unspecified atom stereocenters. The Kier molecular flexibility index (Phi) is 4.60. The molecule has 0 spiro atoms. The highest BCUT2D eigenvalue weighted by Gasteiger charge is 2.31. The quantitative estimate of drug-likeness (QED) is 0.811. The van der Waals surface area contributed by atoms with Crippen LogP contribution in [0.15, 0.2) is 24.3 Å². The lowest BCUT2D eigenvalue weighted by molar-refractivity contribution is -0.138. The van der Waals surface area contributed by atoms with Gasteiger partial charge in [-0.25, -0.2) is 0 Å². The molecule has 0 aliphatic rings. The lowest BCUT2D eigenvalue weighted by Crippen LogP contribution is -2.18. The van der Waals surface area contributed by atoms with E-state index >= 15 is 0 Å². The van der Waals surface area contributed by atoms with Crippen LogP contribution < -0.4 is 0 Å². The average Bonchev–Trinajstić information content (AvgIpc) is 2.26. The minimum Gasteiger partial charge on any atom is -0.480 e. The summed E-state index contributed by atoms with van der Waals surface area (Å²) in [5.74, 6) is -1.09. The molecular weight excluding hydrogens is 369 g/mol. The molecule has 1 aromatic rings. The molecule has 0 aliphatic carbocycles. The van der Waals surface area contributed by atoms with Crippen LogP contribution in [0.1, 0.15) is 16.0 Å². The predicted octanol–water partition coefficient (Wildman–Crippen LogP) is 3.99.